The van der Waals surface area contributed by atoms with E-state index < -0.39 is 6.10 Å². The zero-order chi connectivity index (χ0) is 18.8. The van der Waals surface area contributed by atoms with Crippen LogP contribution < -0.4 is 14.2 Å². The minimum atomic E-state index is -0.566. The van der Waals surface area contributed by atoms with Crippen molar-refractivity contribution < 1.29 is 19.0 Å². The standard InChI is InChI=1S/C21H22ClNO4/c1-14(27-17-7-5-16(22)6-8-17)21(24)23-10-2-3-18(23)15-4-9-19-20(13-15)26-12-11-25-19/h4-9,13-14,18H,2-3,10-12H2,1H3. The van der Waals surface area contributed by atoms with Crippen LogP contribution in [0.1, 0.15) is 31.4 Å². The van der Waals surface area contributed by atoms with Crippen LogP contribution in [0.5, 0.6) is 17.2 Å². The molecule has 0 bridgehead atoms. The number of benzene rings is 2. The summed E-state index contributed by atoms with van der Waals surface area (Å²) in [6, 6.07) is 13.0. The van der Waals surface area contributed by atoms with E-state index in [0.29, 0.717) is 24.0 Å². The topological polar surface area (TPSA) is 48.0 Å². The fraction of sp³-hybridized carbons (Fsp3) is 0.381. The summed E-state index contributed by atoms with van der Waals surface area (Å²) < 4.78 is 17.1. The van der Waals surface area contributed by atoms with Crippen molar-refractivity contribution in [1.29, 1.82) is 0 Å². The molecule has 4 rings (SSSR count). The minimum absolute atomic E-state index is 0.0117. The van der Waals surface area contributed by atoms with Gasteiger partial charge in [-0.2, -0.15) is 0 Å². The summed E-state index contributed by atoms with van der Waals surface area (Å²) in [6.45, 7) is 3.64. The second-order valence-electron chi connectivity index (χ2n) is 6.81. The molecule has 2 aromatic carbocycles. The first kappa shape index (κ1) is 18.0. The van der Waals surface area contributed by atoms with Gasteiger partial charge in [-0.3, -0.25) is 4.79 Å². The van der Waals surface area contributed by atoms with Crippen LogP contribution in [-0.2, 0) is 4.79 Å². The molecule has 142 valence electrons. The largest absolute Gasteiger partial charge is 0.486 e. The van der Waals surface area contributed by atoms with Crippen LogP contribution in [0, 0.1) is 0 Å². The summed E-state index contributed by atoms with van der Waals surface area (Å²) in [5, 5.41) is 0.638. The van der Waals surface area contributed by atoms with E-state index in [2.05, 4.69) is 0 Å². The lowest BCUT2D eigenvalue weighted by atomic mass is 10.0. The first-order chi connectivity index (χ1) is 13.1. The molecule has 27 heavy (non-hydrogen) atoms. The number of carbonyl (C=O) groups is 1. The van der Waals surface area contributed by atoms with Gasteiger partial charge in [0.25, 0.3) is 5.91 Å². The number of nitrogens with zero attached hydrogens (tertiary/aromatic N) is 1. The molecule has 0 spiro atoms. The molecular formula is C21H22ClNO4. The average molecular weight is 388 g/mol. The van der Waals surface area contributed by atoms with Gasteiger partial charge in [0.05, 0.1) is 6.04 Å². The highest BCUT2D eigenvalue weighted by molar-refractivity contribution is 6.30. The number of likely N-dealkylation sites (tertiary alicyclic amines) is 1. The molecule has 0 aromatic heterocycles. The molecule has 2 heterocycles. The van der Waals surface area contributed by atoms with Crippen molar-refractivity contribution in [2.45, 2.75) is 31.9 Å². The number of amides is 1. The Labute approximate surface area is 163 Å². The Morgan fingerprint density at radius 1 is 1.15 bits per heavy atom. The molecule has 2 unspecified atom stereocenters. The van der Waals surface area contributed by atoms with Crippen molar-refractivity contribution in [1.82, 2.24) is 4.90 Å². The predicted molar refractivity (Wildman–Crippen MR) is 103 cm³/mol. The molecule has 1 fully saturated rings. The Morgan fingerprint density at radius 3 is 2.67 bits per heavy atom. The lowest BCUT2D eigenvalue weighted by Gasteiger charge is -2.29. The van der Waals surface area contributed by atoms with Gasteiger partial charge in [0.15, 0.2) is 17.6 Å². The summed E-state index contributed by atoms with van der Waals surface area (Å²) in [5.74, 6) is 2.14. The maximum Gasteiger partial charge on any atom is 0.263 e. The number of carbonyl (C=O) groups excluding carboxylic acids is 1. The molecule has 6 heteroatoms. The smallest absolute Gasteiger partial charge is 0.263 e. The number of halogens is 1. The van der Waals surface area contributed by atoms with E-state index in [4.69, 9.17) is 25.8 Å². The van der Waals surface area contributed by atoms with E-state index in [-0.39, 0.29) is 11.9 Å². The lowest BCUT2D eigenvalue weighted by Crippen LogP contribution is -2.40. The van der Waals surface area contributed by atoms with E-state index in [9.17, 15) is 4.79 Å². The highest BCUT2D eigenvalue weighted by Gasteiger charge is 2.34. The molecule has 2 atom stereocenters. The third-order valence-electron chi connectivity index (χ3n) is 4.96. The zero-order valence-electron chi connectivity index (χ0n) is 15.2. The van der Waals surface area contributed by atoms with Crippen LogP contribution in [0.3, 0.4) is 0 Å². The van der Waals surface area contributed by atoms with Gasteiger partial charge in [0, 0.05) is 11.6 Å². The van der Waals surface area contributed by atoms with Gasteiger partial charge in [-0.15, -0.1) is 0 Å². The van der Waals surface area contributed by atoms with Crippen LogP contribution in [0.25, 0.3) is 0 Å². The van der Waals surface area contributed by atoms with E-state index in [1.54, 1.807) is 31.2 Å². The van der Waals surface area contributed by atoms with Gasteiger partial charge in [0.1, 0.15) is 19.0 Å². The summed E-state index contributed by atoms with van der Waals surface area (Å²) in [7, 11) is 0. The second-order valence-corrected chi connectivity index (χ2v) is 7.24. The summed E-state index contributed by atoms with van der Waals surface area (Å²) in [4.78, 5) is 14.9. The van der Waals surface area contributed by atoms with Gasteiger partial charge < -0.3 is 19.1 Å². The minimum Gasteiger partial charge on any atom is -0.486 e. The molecule has 5 nitrogen and oxygen atoms in total. The van der Waals surface area contributed by atoms with Crippen molar-refractivity contribution >= 4 is 17.5 Å². The van der Waals surface area contributed by atoms with Crippen molar-refractivity contribution in [3.63, 3.8) is 0 Å². The number of rotatable bonds is 4. The van der Waals surface area contributed by atoms with Crippen LogP contribution in [-0.4, -0.2) is 36.7 Å². The monoisotopic (exact) mass is 387 g/mol. The fourth-order valence-corrected chi connectivity index (χ4v) is 3.77. The van der Waals surface area contributed by atoms with E-state index in [1.165, 1.54) is 0 Å². The second kappa shape index (κ2) is 7.69. The molecule has 0 N–H and O–H groups in total. The van der Waals surface area contributed by atoms with Crippen LogP contribution >= 0.6 is 11.6 Å². The van der Waals surface area contributed by atoms with Crippen LogP contribution in [0.15, 0.2) is 42.5 Å². The number of fused-ring (bicyclic) bond motifs is 1. The van der Waals surface area contributed by atoms with Crippen LogP contribution in [0.2, 0.25) is 5.02 Å². The molecule has 0 aliphatic carbocycles. The molecular weight excluding hydrogens is 366 g/mol. The van der Waals surface area contributed by atoms with Crippen molar-refractivity contribution in [3.05, 3.63) is 53.1 Å². The summed E-state index contributed by atoms with van der Waals surface area (Å²) >= 11 is 5.90. The number of hydrogen-bond donors (Lipinski definition) is 0. The first-order valence-electron chi connectivity index (χ1n) is 9.24. The average Bonchev–Trinajstić information content (AvgIpc) is 3.18. The van der Waals surface area contributed by atoms with Gasteiger partial charge in [0.2, 0.25) is 0 Å². The number of ether oxygens (including phenoxy) is 3. The molecule has 0 saturated carbocycles. The fourth-order valence-electron chi connectivity index (χ4n) is 3.65. The normalized spacial score (nSPS) is 19.6. The van der Waals surface area contributed by atoms with E-state index in [1.807, 2.05) is 23.1 Å². The quantitative estimate of drug-likeness (QED) is 0.787. The highest BCUT2D eigenvalue weighted by Crippen LogP contribution is 2.38. The summed E-state index contributed by atoms with van der Waals surface area (Å²) in [5.41, 5.74) is 1.07. The van der Waals surface area contributed by atoms with Gasteiger partial charge >= 0.3 is 0 Å². The third kappa shape index (κ3) is 3.83. The third-order valence-corrected chi connectivity index (χ3v) is 5.21. The Morgan fingerprint density at radius 2 is 1.89 bits per heavy atom. The maximum absolute atomic E-state index is 13.0. The highest BCUT2D eigenvalue weighted by atomic mass is 35.5. The molecule has 2 aromatic rings. The van der Waals surface area contributed by atoms with Crippen molar-refractivity contribution in [2.75, 3.05) is 19.8 Å². The molecule has 1 amide bonds. The van der Waals surface area contributed by atoms with Gasteiger partial charge in [-0.25, -0.2) is 0 Å². The Hall–Kier alpha value is -2.40. The molecule has 2 aliphatic rings. The lowest BCUT2D eigenvalue weighted by molar-refractivity contribution is -0.138. The van der Waals surface area contributed by atoms with E-state index in [0.717, 1.165) is 36.4 Å². The Bertz CT molecular complexity index is 823. The number of hydrogen-bond acceptors (Lipinski definition) is 4. The predicted octanol–water partition coefficient (Wildman–Crippen LogP) is 4.24. The SMILES string of the molecule is CC(Oc1ccc(Cl)cc1)C(=O)N1CCCC1c1ccc2c(c1)OCCO2. The Kier molecular flexibility index (Phi) is 5.12. The molecule has 1 saturated heterocycles. The summed E-state index contributed by atoms with van der Waals surface area (Å²) in [6.07, 6.45) is 1.33. The van der Waals surface area contributed by atoms with Crippen molar-refractivity contribution in [2.24, 2.45) is 0 Å². The maximum atomic E-state index is 13.0. The van der Waals surface area contributed by atoms with Gasteiger partial charge in [-0.1, -0.05) is 17.7 Å². The van der Waals surface area contributed by atoms with Crippen molar-refractivity contribution in [3.8, 4) is 17.2 Å². The van der Waals surface area contributed by atoms with Crippen LogP contribution in [0.4, 0.5) is 0 Å². The van der Waals surface area contributed by atoms with Gasteiger partial charge in [-0.05, 0) is 61.7 Å². The molecule has 0 radical (unpaired) electrons. The van der Waals surface area contributed by atoms with E-state index >= 15 is 0 Å². The molecule has 2 aliphatic heterocycles. The first-order valence-corrected chi connectivity index (χ1v) is 9.62. The zero-order valence-corrected chi connectivity index (χ0v) is 15.9. The Balaban J connectivity index is 1.48.